The van der Waals surface area contributed by atoms with Gasteiger partial charge in [-0.05, 0) is 6.92 Å². The third-order valence-electron chi connectivity index (χ3n) is 1.42. The van der Waals surface area contributed by atoms with E-state index in [2.05, 4.69) is 0 Å². The maximum absolute atomic E-state index is 10.4. The van der Waals surface area contributed by atoms with E-state index in [0.717, 1.165) is 0 Å². The van der Waals surface area contributed by atoms with E-state index in [9.17, 15) is 4.79 Å². The Labute approximate surface area is 70.6 Å². The summed E-state index contributed by atoms with van der Waals surface area (Å²) in [5.41, 5.74) is 0.311. The molecule has 0 aliphatic carbocycles. The molecule has 0 fully saturated rings. The highest BCUT2D eigenvalue weighted by Gasteiger charge is 2.03. The van der Waals surface area contributed by atoms with Gasteiger partial charge in [0.15, 0.2) is 18.6 Å². The summed E-state index contributed by atoms with van der Waals surface area (Å²) in [6.45, 7) is 1.56. The first-order valence-corrected chi connectivity index (χ1v) is 3.57. The highest BCUT2D eigenvalue weighted by atomic mass is 16.4. The van der Waals surface area contributed by atoms with Gasteiger partial charge in [0.25, 0.3) is 0 Å². The van der Waals surface area contributed by atoms with Gasteiger partial charge in [0, 0.05) is 12.1 Å². The van der Waals surface area contributed by atoms with Crippen molar-refractivity contribution < 1.29 is 14.5 Å². The number of rotatable bonds is 2. The summed E-state index contributed by atoms with van der Waals surface area (Å²) in [5.74, 6) is -0.897. The van der Waals surface area contributed by atoms with Crippen LogP contribution in [0.1, 0.15) is 6.92 Å². The maximum Gasteiger partial charge on any atom is 0.337 e. The van der Waals surface area contributed by atoms with Gasteiger partial charge >= 0.3 is 5.97 Å². The molecular weight excluding hydrogens is 154 g/mol. The maximum atomic E-state index is 10.4. The Balaban J connectivity index is 2.89. The number of carboxylic acid groups (broad SMARTS) is 1. The van der Waals surface area contributed by atoms with Crippen LogP contribution in [0.2, 0.25) is 0 Å². The zero-order valence-corrected chi connectivity index (χ0v) is 6.77. The van der Waals surface area contributed by atoms with Gasteiger partial charge in [-0.2, -0.15) is 4.57 Å². The highest BCUT2D eigenvalue weighted by molar-refractivity contribution is 5.88. The lowest BCUT2D eigenvalue weighted by molar-refractivity contribution is -0.568. The number of pyridine rings is 1. The SMILES string of the molecule is CC(=C[n+]1ccccc1)C(=O)O. The molecule has 3 nitrogen and oxygen atoms in total. The molecule has 1 N–H and O–H groups in total. The summed E-state index contributed by atoms with van der Waals surface area (Å²) in [7, 11) is 0. The summed E-state index contributed by atoms with van der Waals surface area (Å²) in [5, 5.41) is 8.56. The van der Waals surface area contributed by atoms with Gasteiger partial charge in [0.1, 0.15) is 0 Å². The Morgan fingerprint density at radius 1 is 1.33 bits per heavy atom. The molecule has 0 aliphatic rings. The molecule has 3 heteroatoms. The molecule has 62 valence electrons. The molecule has 0 saturated heterocycles. The monoisotopic (exact) mass is 164 g/mol. The molecule has 0 radical (unpaired) electrons. The van der Waals surface area contributed by atoms with Crippen LogP contribution in [0, 0.1) is 0 Å². The minimum absolute atomic E-state index is 0.311. The van der Waals surface area contributed by atoms with Gasteiger partial charge in [-0.15, -0.1) is 0 Å². The Hall–Kier alpha value is -1.64. The van der Waals surface area contributed by atoms with Crippen LogP contribution in [0.25, 0.3) is 6.20 Å². The average molecular weight is 164 g/mol. The van der Waals surface area contributed by atoms with Crippen molar-refractivity contribution in [1.82, 2.24) is 0 Å². The molecular formula is C9H10NO2+. The number of carbonyl (C=O) groups is 1. The minimum atomic E-state index is -0.897. The van der Waals surface area contributed by atoms with Crippen LogP contribution in [0.15, 0.2) is 36.2 Å². The topological polar surface area (TPSA) is 41.2 Å². The van der Waals surface area contributed by atoms with Crippen LogP contribution < -0.4 is 4.57 Å². The van der Waals surface area contributed by atoms with Crippen LogP contribution in [-0.4, -0.2) is 11.1 Å². The molecule has 0 atom stereocenters. The second kappa shape index (κ2) is 3.67. The number of nitrogens with zero attached hydrogens (tertiary/aromatic N) is 1. The Kier molecular flexibility index (Phi) is 2.58. The van der Waals surface area contributed by atoms with Crippen molar-refractivity contribution in [1.29, 1.82) is 0 Å². The van der Waals surface area contributed by atoms with Gasteiger partial charge in [-0.25, -0.2) is 4.79 Å². The largest absolute Gasteiger partial charge is 0.478 e. The third kappa shape index (κ3) is 2.20. The van der Waals surface area contributed by atoms with E-state index >= 15 is 0 Å². The zero-order chi connectivity index (χ0) is 8.97. The van der Waals surface area contributed by atoms with E-state index in [0.29, 0.717) is 5.57 Å². The van der Waals surface area contributed by atoms with Crippen LogP contribution in [-0.2, 0) is 4.79 Å². The van der Waals surface area contributed by atoms with E-state index in [1.54, 1.807) is 30.1 Å². The number of hydrogen-bond acceptors (Lipinski definition) is 1. The first kappa shape index (κ1) is 8.46. The summed E-state index contributed by atoms with van der Waals surface area (Å²) < 4.78 is 1.70. The normalized spacial score (nSPS) is 11.2. The van der Waals surface area contributed by atoms with Crippen molar-refractivity contribution in [3.63, 3.8) is 0 Å². The molecule has 0 saturated carbocycles. The lowest BCUT2D eigenvalue weighted by Crippen LogP contribution is -2.25. The van der Waals surface area contributed by atoms with Gasteiger partial charge < -0.3 is 5.11 Å². The summed E-state index contributed by atoms with van der Waals surface area (Å²) in [6, 6.07) is 5.55. The number of carboxylic acids is 1. The van der Waals surface area contributed by atoms with Gasteiger partial charge in [-0.3, -0.25) is 0 Å². The molecule has 0 spiro atoms. The van der Waals surface area contributed by atoms with Crippen LogP contribution in [0.5, 0.6) is 0 Å². The Morgan fingerprint density at radius 2 is 1.92 bits per heavy atom. The van der Waals surface area contributed by atoms with Crippen LogP contribution in [0.3, 0.4) is 0 Å². The van der Waals surface area contributed by atoms with E-state index in [4.69, 9.17) is 5.11 Å². The number of aromatic nitrogens is 1. The van der Waals surface area contributed by atoms with E-state index < -0.39 is 5.97 Å². The van der Waals surface area contributed by atoms with Crippen LogP contribution >= 0.6 is 0 Å². The van der Waals surface area contributed by atoms with Crippen molar-refractivity contribution in [2.75, 3.05) is 0 Å². The molecule has 1 aromatic heterocycles. The van der Waals surface area contributed by atoms with Gasteiger partial charge in [-0.1, -0.05) is 6.07 Å². The molecule has 1 rings (SSSR count). The van der Waals surface area contributed by atoms with Crippen molar-refractivity contribution in [2.24, 2.45) is 0 Å². The zero-order valence-electron chi connectivity index (χ0n) is 6.77. The molecule has 0 amide bonds. The molecule has 12 heavy (non-hydrogen) atoms. The van der Waals surface area contributed by atoms with Crippen LogP contribution in [0.4, 0.5) is 0 Å². The smallest absolute Gasteiger partial charge is 0.337 e. The first-order chi connectivity index (χ1) is 5.70. The molecule has 0 aliphatic heterocycles. The second-order valence-corrected chi connectivity index (χ2v) is 2.44. The van der Waals surface area contributed by atoms with Gasteiger partial charge in [0.05, 0.1) is 5.57 Å². The molecule has 1 heterocycles. The highest BCUT2D eigenvalue weighted by Crippen LogP contribution is 1.90. The predicted molar refractivity (Wildman–Crippen MR) is 44.2 cm³/mol. The summed E-state index contributed by atoms with van der Waals surface area (Å²) in [6.07, 6.45) is 5.13. The van der Waals surface area contributed by atoms with E-state index in [1.165, 1.54) is 0 Å². The molecule has 1 aromatic rings. The predicted octanol–water partition coefficient (Wildman–Crippen LogP) is 0.919. The van der Waals surface area contributed by atoms with Crippen molar-refractivity contribution >= 4 is 12.2 Å². The average Bonchev–Trinajstić information content (AvgIpc) is 2.06. The Morgan fingerprint density at radius 3 is 2.42 bits per heavy atom. The van der Waals surface area contributed by atoms with Gasteiger partial charge in [0.2, 0.25) is 0 Å². The molecule has 0 unspecified atom stereocenters. The Bertz CT molecular complexity index is 304. The fourth-order valence-electron chi connectivity index (χ4n) is 0.777. The second-order valence-electron chi connectivity index (χ2n) is 2.44. The quantitative estimate of drug-likeness (QED) is 0.521. The fourth-order valence-corrected chi connectivity index (χ4v) is 0.777. The van der Waals surface area contributed by atoms with E-state index in [1.807, 2.05) is 18.2 Å². The number of aliphatic carboxylic acids is 1. The van der Waals surface area contributed by atoms with Crippen molar-refractivity contribution in [2.45, 2.75) is 6.92 Å². The standard InChI is InChI=1S/C9H9NO2/c1-8(9(11)12)7-10-5-3-2-4-6-10/h2-7H,1H3/p+1. The minimum Gasteiger partial charge on any atom is -0.478 e. The fraction of sp³-hybridized carbons (Fsp3) is 0.111. The summed E-state index contributed by atoms with van der Waals surface area (Å²) in [4.78, 5) is 10.4. The summed E-state index contributed by atoms with van der Waals surface area (Å²) >= 11 is 0. The van der Waals surface area contributed by atoms with Crippen molar-refractivity contribution in [3.05, 3.63) is 36.2 Å². The lowest BCUT2D eigenvalue weighted by atomic mass is 10.3. The molecule has 0 bridgehead atoms. The van der Waals surface area contributed by atoms with E-state index in [-0.39, 0.29) is 0 Å². The number of hydrogen-bond donors (Lipinski definition) is 1. The van der Waals surface area contributed by atoms with Crippen molar-refractivity contribution in [3.8, 4) is 0 Å². The first-order valence-electron chi connectivity index (χ1n) is 3.57. The lowest BCUT2D eigenvalue weighted by Gasteiger charge is -1.88. The molecule has 0 aromatic carbocycles. The third-order valence-corrected chi connectivity index (χ3v) is 1.42.